The summed E-state index contributed by atoms with van der Waals surface area (Å²) in [6.45, 7) is 6.43. The number of hydrazone groups is 1. The van der Waals surface area contributed by atoms with Gasteiger partial charge in [0.1, 0.15) is 0 Å². The molecular formula is C19H23ClN2O3. The number of nitrogens with zero attached hydrogens (tertiary/aromatic N) is 1. The van der Waals surface area contributed by atoms with Crippen LogP contribution in [0.4, 0.5) is 0 Å². The van der Waals surface area contributed by atoms with Gasteiger partial charge in [-0.2, -0.15) is 5.10 Å². The van der Waals surface area contributed by atoms with E-state index in [4.69, 9.17) is 16.3 Å². The van der Waals surface area contributed by atoms with Gasteiger partial charge >= 0.3 is 5.97 Å². The molecule has 1 aromatic carbocycles. The number of fused-ring (bicyclic) bond motifs is 2. The maximum Gasteiger partial charge on any atom is 0.338 e. The summed E-state index contributed by atoms with van der Waals surface area (Å²) in [5.74, 6) is -0.373. The van der Waals surface area contributed by atoms with Crippen molar-refractivity contribution in [1.82, 2.24) is 5.43 Å². The standard InChI is InChI=1S/C19H23ClN2O3/c1-18(2)13-8-9-19(18,3)15(10-13)21-22-16(23)11-25-17(24)12-4-6-14(20)7-5-12/h4-7,13H,8-11H2,1-3H3,(H,22,23)/b21-15+/t13-,19+/m0/s1. The second kappa shape index (κ2) is 6.45. The van der Waals surface area contributed by atoms with E-state index in [2.05, 4.69) is 31.3 Å². The van der Waals surface area contributed by atoms with Crippen molar-refractivity contribution in [3.05, 3.63) is 34.9 Å². The Hall–Kier alpha value is -1.88. The van der Waals surface area contributed by atoms with Crippen LogP contribution in [0.2, 0.25) is 5.02 Å². The number of hydrogen-bond donors (Lipinski definition) is 1. The van der Waals surface area contributed by atoms with Crippen molar-refractivity contribution in [3.63, 3.8) is 0 Å². The predicted octanol–water partition coefficient (Wildman–Crippen LogP) is 3.82. The minimum Gasteiger partial charge on any atom is -0.452 e. The molecule has 1 aromatic rings. The molecule has 2 bridgehead atoms. The Kier molecular flexibility index (Phi) is 4.62. The maximum atomic E-state index is 11.9. The fourth-order valence-electron chi connectivity index (χ4n) is 4.06. The third-order valence-corrected chi connectivity index (χ3v) is 6.49. The number of carbonyl (C=O) groups is 2. The number of nitrogens with one attached hydrogen (secondary N) is 1. The highest BCUT2D eigenvalue weighted by atomic mass is 35.5. The van der Waals surface area contributed by atoms with Crippen molar-refractivity contribution in [2.75, 3.05) is 6.61 Å². The Morgan fingerprint density at radius 3 is 2.52 bits per heavy atom. The maximum absolute atomic E-state index is 11.9. The molecule has 134 valence electrons. The van der Waals surface area contributed by atoms with E-state index in [0.717, 1.165) is 18.6 Å². The molecule has 1 N–H and O–H groups in total. The number of benzene rings is 1. The summed E-state index contributed by atoms with van der Waals surface area (Å²) in [4.78, 5) is 23.8. The molecule has 0 radical (unpaired) electrons. The smallest absolute Gasteiger partial charge is 0.338 e. The van der Waals surface area contributed by atoms with Gasteiger partial charge < -0.3 is 4.74 Å². The van der Waals surface area contributed by atoms with Crippen LogP contribution in [-0.2, 0) is 9.53 Å². The number of hydrogen-bond acceptors (Lipinski definition) is 4. The summed E-state index contributed by atoms with van der Waals surface area (Å²) < 4.78 is 5.01. The van der Waals surface area contributed by atoms with Crippen LogP contribution < -0.4 is 5.43 Å². The first-order valence-electron chi connectivity index (χ1n) is 8.52. The molecule has 2 aliphatic rings. The van der Waals surface area contributed by atoms with Crippen molar-refractivity contribution in [2.24, 2.45) is 21.8 Å². The molecule has 5 nitrogen and oxygen atoms in total. The molecule has 25 heavy (non-hydrogen) atoms. The normalized spacial score (nSPS) is 28.2. The highest BCUT2D eigenvalue weighted by Gasteiger charge is 2.59. The molecule has 0 heterocycles. The van der Waals surface area contributed by atoms with Gasteiger partial charge in [0.15, 0.2) is 6.61 Å². The zero-order chi connectivity index (χ0) is 18.2. The highest BCUT2D eigenvalue weighted by Crippen LogP contribution is 2.63. The van der Waals surface area contributed by atoms with Crippen LogP contribution in [-0.4, -0.2) is 24.2 Å². The number of halogens is 1. The van der Waals surface area contributed by atoms with Crippen molar-refractivity contribution < 1.29 is 14.3 Å². The molecule has 0 unspecified atom stereocenters. The zero-order valence-corrected chi connectivity index (χ0v) is 15.5. The van der Waals surface area contributed by atoms with E-state index in [1.54, 1.807) is 24.3 Å². The SMILES string of the molecule is CC1(C)[C@H]2CC[C@]1(C)/C(=N/NC(=O)COC(=O)c1ccc(Cl)cc1)C2. The quantitative estimate of drug-likeness (QED) is 0.654. The number of esters is 1. The Morgan fingerprint density at radius 2 is 1.96 bits per heavy atom. The number of rotatable bonds is 4. The van der Waals surface area contributed by atoms with Crippen molar-refractivity contribution in [2.45, 2.75) is 40.0 Å². The Balaban J connectivity index is 1.54. The average molecular weight is 363 g/mol. The molecule has 0 spiro atoms. The molecule has 0 aliphatic heterocycles. The van der Waals surface area contributed by atoms with Crippen LogP contribution in [0.5, 0.6) is 0 Å². The summed E-state index contributed by atoms with van der Waals surface area (Å²) in [5.41, 5.74) is 4.18. The van der Waals surface area contributed by atoms with E-state index >= 15 is 0 Å². The van der Waals surface area contributed by atoms with Gasteiger partial charge in [0, 0.05) is 16.1 Å². The van der Waals surface area contributed by atoms with Crippen LogP contribution in [0.1, 0.15) is 50.4 Å². The molecule has 0 saturated heterocycles. The van der Waals surface area contributed by atoms with Gasteiger partial charge in [0.05, 0.1) is 5.56 Å². The van der Waals surface area contributed by atoms with Gasteiger partial charge in [0.2, 0.25) is 0 Å². The number of amides is 1. The van der Waals surface area contributed by atoms with E-state index in [1.165, 1.54) is 6.42 Å². The first kappa shape index (κ1) is 17.9. The summed E-state index contributed by atoms with van der Waals surface area (Å²) in [6, 6.07) is 6.31. The van der Waals surface area contributed by atoms with E-state index in [9.17, 15) is 9.59 Å². The minimum absolute atomic E-state index is 0.0327. The topological polar surface area (TPSA) is 67.8 Å². The second-order valence-corrected chi connectivity index (χ2v) is 8.11. The van der Waals surface area contributed by atoms with Crippen LogP contribution in [0, 0.1) is 16.7 Å². The van der Waals surface area contributed by atoms with Crippen LogP contribution in [0.3, 0.4) is 0 Å². The third-order valence-electron chi connectivity index (χ3n) is 6.24. The highest BCUT2D eigenvalue weighted by molar-refractivity contribution is 6.30. The van der Waals surface area contributed by atoms with Crippen molar-refractivity contribution in [1.29, 1.82) is 0 Å². The molecular weight excluding hydrogens is 340 g/mol. The van der Waals surface area contributed by atoms with Gasteiger partial charge in [-0.1, -0.05) is 32.4 Å². The molecule has 1 amide bonds. The summed E-state index contributed by atoms with van der Waals surface area (Å²) in [6.07, 6.45) is 3.24. The van der Waals surface area contributed by atoms with E-state index in [1.807, 2.05) is 0 Å². The number of ether oxygens (including phenoxy) is 1. The Labute approximate surface area is 152 Å². The fraction of sp³-hybridized carbons (Fsp3) is 0.526. The first-order chi connectivity index (χ1) is 11.7. The summed E-state index contributed by atoms with van der Waals surface area (Å²) >= 11 is 5.77. The van der Waals surface area contributed by atoms with Gasteiger partial charge in [-0.25, -0.2) is 10.2 Å². The average Bonchev–Trinajstić information content (AvgIpc) is 2.91. The van der Waals surface area contributed by atoms with Gasteiger partial charge in [-0.05, 0) is 54.9 Å². The number of carbonyl (C=O) groups excluding carboxylic acids is 2. The summed E-state index contributed by atoms with van der Waals surface area (Å²) in [5, 5.41) is 4.88. The van der Waals surface area contributed by atoms with Gasteiger partial charge in [-0.3, -0.25) is 4.79 Å². The molecule has 2 fully saturated rings. The predicted molar refractivity (Wildman–Crippen MR) is 96.5 cm³/mol. The molecule has 3 rings (SSSR count). The van der Waals surface area contributed by atoms with Crippen molar-refractivity contribution >= 4 is 29.2 Å². The summed E-state index contributed by atoms with van der Waals surface area (Å²) in [7, 11) is 0. The monoisotopic (exact) mass is 362 g/mol. The first-order valence-corrected chi connectivity index (χ1v) is 8.90. The second-order valence-electron chi connectivity index (χ2n) is 7.67. The fourth-order valence-corrected chi connectivity index (χ4v) is 4.19. The minimum atomic E-state index is -0.563. The lowest BCUT2D eigenvalue weighted by Crippen LogP contribution is -2.34. The largest absolute Gasteiger partial charge is 0.452 e. The zero-order valence-electron chi connectivity index (χ0n) is 14.8. The lowest BCUT2D eigenvalue weighted by molar-refractivity contribution is -0.124. The van der Waals surface area contributed by atoms with E-state index in [-0.39, 0.29) is 17.4 Å². The molecule has 0 aromatic heterocycles. The molecule has 2 aliphatic carbocycles. The van der Waals surface area contributed by atoms with E-state index in [0.29, 0.717) is 16.5 Å². The van der Waals surface area contributed by atoms with Crippen molar-refractivity contribution in [3.8, 4) is 0 Å². The van der Waals surface area contributed by atoms with Crippen LogP contribution in [0.25, 0.3) is 0 Å². The molecule has 6 heteroatoms. The Bertz CT molecular complexity index is 727. The van der Waals surface area contributed by atoms with Crippen LogP contribution >= 0.6 is 11.6 Å². The Morgan fingerprint density at radius 1 is 1.28 bits per heavy atom. The molecule has 2 atom stereocenters. The van der Waals surface area contributed by atoms with E-state index < -0.39 is 11.9 Å². The lowest BCUT2D eigenvalue weighted by Gasteiger charge is -2.34. The third kappa shape index (κ3) is 3.17. The van der Waals surface area contributed by atoms with Gasteiger partial charge in [-0.15, -0.1) is 0 Å². The van der Waals surface area contributed by atoms with Crippen LogP contribution in [0.15, 0.2) is 29.4 Å². The lowest BCUT2D eigenvalue weighted by atomic mass is 9.70. The molecule has 2 saturated carbocycles. The van der Waals surface area contributed by atoms with Gasteiger partial charge in [0.25, 0.3) is 5.91 Å².